The van der Waals surface area contributed by atoms with E-state index >= 15 is 0 Å². The van der Waals surface area contributed by atoms with E-state index in [1.807, 2.05) is 24.3 Å². The van der Waals surface area contributed by atoms with Crippen LogP contribution in [0.1, 0.15) is 5.56 Å². The molecule has 0 aliphatic heterocycles. The zero-order chi connectivity index (χ0) is 13.7. The average molecular weight is 296 g/mol. The molecule has 2 rings (SSSR count). The second-order valence-corrected chi connectivity index (χ2v) is 4.60. The van der Waals surface area contributed by atoms with Crippen LogP contribution >= 0.6 is 23.5 Å². The lowest BCUT2D eigenvalue weighted by atomic mass is 10.1. The van der Waals surface area contributed by atoms with E-state index in [-0.39, 0.29) is 0 Å². The predicted molar refractivity (Wildman–Crippen MR) is 76.0 cm³/mol. The summed E-state index contributed by atoms with van der Waals surface area (Å²) in [6.45, 7) is 0. The van der Waals surface area contributed by atoms with Crippen molar-refractivity contribution in [2.45, 2.75) is 5.00 Å². The number of para-hydroxylation sites is 1. The van der Waals surface area contributed by atoms with Gasteiger partial charge in [-0.2, -0.15) is 0 Å². The van der Waals surface area contributed by atoms with E-state index in [2.05, 4.69) is 9.61 Å². The normalized spacial score (nSPS) is 13.4. The molecule has 0 spiro atoms. The van der Waals surface area contributed by atoms with Gasteiger partial charge in [-0.15, -0.1) is 0 Å². The Bertz CT molecular complexity index is 548. The summed E-state index contributed by atoms with van der Waals surface area (Å²) in [4.78, 5) is 10.3. The van der Waals surface area contributed by atoms with Crippen molar-refractivity contribution in [2.75, 3.05) is 5.32 Å². The molecule has 0 bridgehead atoms. The molecule has 0 aliphatic carbocycles. The minimum atomic E-state index is -1.57. The maximum atomic E-state index is 11.9. The number of hydrogen-bond donors (Lipinski definition) is 1. The van der Waals surface area contributed by atoms with Crippen LogP contribution in [-0.2, 0) is 14.1 Å². The first-order valence-electron chi connectivity index (χ1n) is 5.57. The summed E-state index contributed by atoms with van der Waals surface area (Å²) in [6.07, 6.45) is 0. The van der Waals surface area contributed by atoms with Crippen molar-refractivity contribution in [1.82, 2.24) is 0 Å². The zero-order valence-electron chi connectivity index (χ0n) is 9.85. The third kappa shape index (κ3) is 3.00. The molecule has 0 saturated heterocycles. The minimum Gasteiger partial charge on any atom is -0.354 e. The van der Waals surface area contributed by atoms with Crippen LogP contribution < -0.4 is 5.32 Å². The van der Waals surface area contributed by atoms with E-state index in [1.165, 1.54) is 0 Å². The van der Waals surface area contributed by atoms with Gasteiger partial charge in [-0.25, -0.2) is 4.79 Å². The highest BCUT2D eigenvalue weighted by Crippen LogP contribution is 2.32. The molecule has 2 aromatic carbocycles. The molecule has 3 nitrogen and oxygen atoms in total. The van der Waals surface area contributed by atoms with Crippen molar-refractivity contribution in [2.24, 2.45) is 0 Å². The number of anilines is 1. The highest BCUT2D eigenvalue weighted by atomic mass is 35.5. The molecule has 0 radical (unpaired) electrons. The van der Waals surface area contributed by atoms with Crippen LogP contribution in [-0.4, -0.2) is 5.97 Å². The standard InChI is InChI=1S/C14H11Cl2NO2/c15-14(13(18)19-16,11-7-3-1-4-8-11)17-12-9-5-2-6-10-12/h1-10,17H. The Morgan fingerprint density at radius 1 is 1.00 bits per heavy atom. The van der Waals surface area contributed by atoms with Crippen LogP contribution in [0.2, 0.25) is 0 Å². The van der Waals surface area contributed by atoms with E-state index in [9.17, 15) is 4.79 Å². The number of rotatable bonds is 4. The van der Waals surface area contributed by atoms with Crippen molar-refractivity contribution >= 4 is 35.1 Å². The smallest absolute Gasteiger partial charge is 0.354 e. The van der Waals surface area contributed by atoms with Crippen LogP contribution in [0.25, 0.3) is 0 Å². The number of hydrogen-bond acceptors (Lipinski definition) is 3. The summed E-state index contributed by atoms with van der Waals surface area (Å²) in [5, 5.41) is 2.93. The van der Waals surface area contributed by atoms with Gasteiger partial charge in [0.1, 0.15) is 11.9 Å². The quantitative estimate of drug-likeness (QED) is 0.687. The first-order valence-corrected chi connectivity index (χ1v) is 6.26. The lowest BCUT2D eigenvalue weighted by Gasteiger charge is -2.26. The Balaban J connectivity index is 2.39. The Hall–Kier alpha value is -1.71. The molecule has 1 unspecified atom stereocenters. The number of alkyl halides is 1. The molecular weight excluding hydrogens is 285 g/mol. The molecule has 0 fully saturated rings. The Morgan fingerprint density at radius 2 is 1.53 bits per heavy atom. The van der Waals surface area contributed by atoms with Crippen LogP contribution in [0.5, 0.6) is 0 Å². The topological polar surface area (TPSA) is 38.3 Å². The van der Waals surface area contributed by atoms with Gasteiger partial charge in [0.25, 0.3) is 0 Å². The van der Waals surface area contributed by atoms with Crippen LogP contribution in [0.15, 0.2) is 60.7 Å². The maximum Gasteiger partial charge on any atom is 0.370 e. The summed E-state index contributed by atoms with van der Waals surface area (Å²) in [7, 11) is 0. The van der Waals surface area contributed by atoms with Crippen molar-refractivity contribution in [3.05, 3.63) is 66.2 Å². The Morgan fingerprint density at radius 3 is 2.05 bits per heavy atom. The Kier molecular flexibility index (Phi) is 4.30. The van der Waals surface area contributed by atoms with Crippen molar-refractivity contribution in [3.63, 3.8) is 0 Å². The van der Waals surface area contributed by atoms with Crippen molar-refractivity contribution in [1.29, 1.82) is 0 Å². The lowest BCUT2D eigenvalue weighted by molar-refractivity contribution is -0.136. The first kappa shape index (κ1) is 13.7. The van der Waals surface area contributed by atoms with E-state index < -0.39 is 11.0 Å². The SMILES string of the molecule is O=C(OCl)C(Cl)(Nc1ccccc1)c1ccccc1. The summed E-state index contributed by atoms with van der Waals surface area (Å²) in [5.41, 5.74) is 1.23. The molecule has 0 amide bonds. The summed E-state index contributed by atoms with van der Waals surface area (Å²) in [6, 6.07) is 17.9. The highest BCUT2D eigenvalue weighted by Gasteiger charge is 2.40. The molecule has 0 heterocycles. The van der Waals surface area contributed by atoms with Gasteiger partial charge in [0.05, 0.1) is 0 Å². The number of carbonyl (C=O) groups is 1. The van der Waals surface area contributed by atoms with E-state index in [0.717, 1.165) is 0 Å². The third-order valence-corrected chi connectivity index (χ3v) is 3.22. The molecule has 0 aliphatic rings. The summed E-state index contributed by atoms with van der Waals surface area (Å²) >= 11 is 11.6. The fraction of sp³-hybridized carbons (Fsp3) is 0.0714. The second kappa shape index (κ2) is 5.95. The predicted octanol–water partition coefficient (Wildman–Crippen LogP) is 3.89. The molecule has 1 N–H and O–H groups in total. The van der Waals surface area contributed by atoms with Crippen LogP contribution in [0.3, 0.4) is 0 Å². The van der Waals surface area contributed by atoms with E-state index in [4.69, 9.17) is 23.5 Å². The molecule has 19 heavy (non-hydrogen) atoms. The minimum absolute atomic E-state index is 0.547. The number of carbonyl (C=O) groups excluding carboxylic acids is 1. The van der Waals surface area contributed by atoms with Gasteiger partial charge < -0.3 is 9.61 Å². The maximum absolute atomic E-state index is 11.9. The van der Waals surface area contributed by atoms with Gasteiger partial charge in [-0.3, -0.25) is 0 Å². The van der Waals surface area contributed by atoms with E-state index in [0.29, 0.717) is 11.3 Å². The Labute approximate surface area is 121 Å². The molecule has 5 heteroatoms. The average Bonchev–Trinajstić information content (AvgIpc) is 2.48. The number of benzene rings is 2. The molecule has 0 saturated carbocycles. The molecule has 2 aromatic rings. The second-order valence-electron chi connectivity index (χ2n) is 3.88. The molecule has 1 atom stereocenters. The summed E-state index contributed by atoms with van der Waals surface area (Å²) in [5.74, 6) is -0.786. The molecule has 98 valence electrons. The molecule has 0 aromatic heterocycles. The highest BCUT2D eigenvalue weighted by molar-refractivity contribution is 6.36. The van der Waals surface area contributed by atoms with Crippen molar-refractivity contribution in [3.8, 4) is 0 Å². The monoisotopic (exact) mass is 295 g/mol. The zero-order valence-corrected chi connectivity index (χ0v) is 11.4. The van der Waals surface area contributed by atoms with E-state index in [1.54, 1.807) is 36.4 Å². The summed E-state index contributed by atoms with van der Waals surface area (Å²) < 4.78 is 4.28. The van der Waals surface area contributed by atoms with Gasteiger partial charge in [-0.05, 0) is 12.1 Å². The first-order chi connectivity index (χ1) is 9.16. The third-order valence-electron chi connectivity index (χ3n) is 2.61. The fourth-order valence-electron chi connectivity index (χ4n) is 1.68. The van der Waals surface area contributed by atoms with Crippen molar-refractivity contribution < 1.29 is 9.08 Å². The fourth-order valence-corrected chi connectivity index (χ4v) is 2.11. The largest absolute Gasteiger partial charge is 0.370 e. The van der Waals surface area contributed by atoms with Gasteiger partial charge in [0.15, 0.2) is 0 Å². The van der Waals surface area contributed by atoms with Gasteiger partial charge in [0.2, 0.25) is 5.00 Å². The number of halogens is 2. The lowest BCUT2D eigenvalue weighted by Crippen LogP contribution is -2.38. The van der Waals surface area contributed by atoms with Gasteiger partial charge in [0, 0.05) is 11.3 Å². The van der Waals surface area contributed by atoms with Crippen LogP contribution in [0.4, 0.5) is 5.69 Å². The van der Waals surface area contributed by atoms with Gasteiger partial charge in [-0.1, -0.05) is 60.1 Å². The number of nitrogens with one attached hydrogen (secondary N) is 1. The van der Waals surface area contributed by atoms with Crippen LogP contribution in [0, 0.1) is 0 Å². The molecular formula is C14H11Cl2NO2. The van der Waals surface area contributed by atoms with Gasteiger partial charge >= 0.3 is 5.97 Å².